The van der Waals surface area contributed by atoms with Gasteiger partial charge in [0.2, 0.25) is 5.91 Å². The van der Waals surface area contributed by atoms with Gasteiger partial charge in [0.1, 0.15) is 6.04 Å². The summed E-state index contributed by atoms with van der Waals surface area (Å²) < 4.78 is 0. The number of carbonyl (C=O) groups excluding carboxylic acids is 1. The van der Waals surface area contributed by atoms with Crippen molar-refractivity contribution in [1.29, 1.82) is 0 Å². The van der Waals surface area contributed by atoms with E-state index in [1.54, 1.807) is 30.5 Å². The smallest absolute Gasteiger partial charge is 0.325 e. The fourth-order valence-electron chi connectivity index (χ4n) is 4.54. The van der Waals surface area contributed by atoms with Gasteiger partial charge >= 0.3 is 11.9 Å². The van der Waals surface area contributed by atoms with Crippen LogP contribution in [0, 0.1) is 11.8 Å². The first-order valence-corrected chi connectivity index (χ1v) is 10.2. The molecule has 1 saturated heterocycles. The fraction of sp³-hybridized carbons (Fsp3) is 0.409. The summed E-state index contributed by atoms with van der Waals surface area (Å²) in [5.74, 6) is -3.58. The van der Waals surface area contributed by atoms with Gasteiger partial charge in [-0.15, -0.1) is 0 Å². The van der Waals surface area contributed by atoms with E-state index in [-0.39, 0.29) is 5.91 Å². The monoisotopic (exact) mass is 411 g/mol. The van der Waals surface area contributed by atoms with Gasteiger partial charge in [0.25, 0.3) is 0 Å². The van der Waals surface area contributed by atoms with Crippen LogP contribution in [0.1, 0.15) is 37.3 Å². The van der Waals surface area contributed by atoms with Gasteiger partial charge in [-0.05, 0) is 57.0 Å². The minimum Gasteiger partial charge on any atom is -0.481 e. The van der Waals surface area contributed by atoms with Crippen LogP contribution < -0.4 is 5.32 Å². The van der Waals surface area contributed by atoms with Crippen molar-refractivity contribution in [3.63, 3.8) is 0 Å². The Morgan fingerprint density at radius 1 is 1.07 bits per heavy atom. The lowest BCUT2D eigenvalue weighted by atomic mass is 9.82. The zero-order valence-electron chi connectivity index (χ0n) is 16.5. The maximum atomic E-state index is 12.8. The number of H-pyrrole nitrogens is 1. The topological polar surface area (TPSA) is 123 Å². The molecule has 1 aliphatic carbocycles. The molecule has 0 spiro atoms. The Morgan fingerprint density at radius 2 is 1.77 bits per heavy atom. The van der Waals surface area contributed by atoms with Crippen LogP contribution in [-0.2, 0) is 14.4 Å². The first-order chi connectivity index (χ1) is 14.5. The number of carbonyl (C=O) groups is 3. The van der Waals surface area contributed by atoms with Gasteiger partial charge in [-0.3, -0.25) is 19.3 Å². The summed E-state index contributed by atoms with van der Waals surface area (Å²) in [7, 11) is 0. The predicted molar refractivity (Wildman–Crippen MR) is 111 cm³/mol. The van der Waals surface area contributed by atoms with E-state index in [2.05, 4.69) is 10.3 Å². The Morgan fingerprint density at radius 3 is 2.43 bits per heavy atom. The number of fused-ring (bicyclic) bond motifs is 1. The first kappa shape index (κ1) is 20.2. The number of nitrogens with one attached hydrogen (secondary N) is 2. The Balaban J connectivity index is 1.61. The molecule has 1 amide bonds. The van der Waals surface area contributed by atoms with Crippen LogP contribution in [-0.4, -0.2) is 51.0 Å². The number of carboxylic acid groups (broad SMARTS) is 2. The largest absolute Gasteiger partial charge is 0.481 e. The summed E-state index contributed by atoms with van der Waals surface area (Å²) >= 11 is 0. The summed E-state index contributed by atoms with van der Waals surface area (Å²) in [6, 6.07) is 4.56. The average Bonchev–Trinajstić information content (AvgIpc) is 3.39. The lowest BCUT2D eigenvalue weighted by Gasteiger charge is -2.24. The van der Waals surface area contributed by atoms with Gasteiger partial charge < -0.3 is 20.5 Å². The molecular formula is C22H25N3O5. The summed E-state index contributed by atoms with van der Waals surface area (Å²) in [6.07, 6.45) is 8.04. The van der Waals surface area contributed by atoms with E-state index in [0.717, 1.165) is 36.8 Å². The second kappa shape index (κ2) is 8.31. The van der Waals surface area contributed by atoms with E-state index < -0.39 is 29.8 Å². The van der Waals surface area contributed by atoms with Crippen molar-refractivity contribution in [3.05, 3.63) is 42.1 Å². The number of anilines is 1. The molecule has 158 valence electrons. The molecule has 1 aliphatic heterocycles. The number of hydrogen-bond donors (Lipinski definition) is 4. The quantitative estimate of drug-likeness (QED) is 0.542. The van der Waals surface area contributed by atoms with Crippen molar-refractivity contribution in [2.75, 3.05) is 18.4 Å². The summed E-state index contributed by atoms with van der Waals surface area (Å²) in [5, 5.41) is 22.8. The maximum absolute atomic E-state index is 12.8. The van der Waals surface area contributed by atoms with E-state index in [4.69, 9.17) is 0 Å². The van der Waals surface area contributed by atoms with Crippen molar-refractivity contribution < 1.29 is 24.6 Å². The second-order valence-corrected chi connectivity index (χ2v) is 7.97. The van der Waals surface area contributed by atoms with Crippen molar-refractivity contribution in [1.82, 2.24) is 9.88 Å². The lowest BCUT2D eigenvalue weighted by molar-refractivity contribution is -0.146. The summed E-state index contributed by atoms with van der Waals surface area (Å²) in [5.41, 5.74) is 1.98. The van der Waals surface area contributed by atoms with E-state index in [1.807, 2.05) is 11.0 Å². The van der Waals surface area contributed by atoms with Crippen molar-refractivity contribution in [3.8, 4) is 0 Å². The summed E-state index contributed by atoms with van der Waals surface area (Å²) in [4.78, 5) is 41.4. The third kappa shape index (κ3) is 3.82. The number of nitrogens with zero attached hydrogens (tertiary/aromatic N) is 1. The Hall–Kier alpha value is -3.13. The van der Waals surface area contributed by atoms with Gasteiger partial charge in [-0.2, -0.15) is 0 Å². The van der Waals surface area contributed by atoms with E-state index in [9.17, 15) is 24.6 Å². The third-order valence-corrected chi connectivity index (χ3v) is 6.10. The Kier molecular flexibility index (Phi) is 5.59. The van der Waals surface area contributed by atoms with E-state index in [0.29, 0.717) is 24.1 Å². The molecule has 0 unspecified atom stereocenters. The molecule has 3 atom stereocenters. The molecule has 8 heteroatoms. The molecule has 2 heterocycles. The zero-order chi connectivity index (χ0) is 21.3. The number of aliphatic carboxylic acids is 2. The van der Waals surface area contributed by atoms with Crippen LogP contribution in [0.25, 0.3) is 10.9 Å². The van der Waals surface area contributed by atoms with Gasteiger partial charge in [0.15, 0.2) is 0 Å². The number of allylic oxidation sites excluding steroid dienone is 2. The zero-order valence-corrected chi connectivity index (χ0v) is 16.5. The number of likely N-dealkylation sites (tertiary alicyclic amines) is 1. The maximum Gasteiger partial charge on any atom is 0.325 e. The lowest BCUT2D eigenvalue weighted by Crippen LogP contribution is -2.34. The molecule has 2 aliphatic rings. The average molecular weight is 411 g/mol. The van der Waals surface area contributed by atoms with Crippen LogP contribution in [0.3, 0.4) is 0 Å². The van der Waals surface area contributed by atoms with E-state index in [1.165, 1.54) is 0 Å². The molecule has 8 nitrogen and oxygen atoms in total. The van der Waals surface area contributed by atoms with Gasteiger partial charge in [0.05, 0.1) is 11.8 Å². The van der Waals surface area contributed by atoms with Crippen LogP contribution in [0.4, 0.5) is 5.69 Å². The minimum atomic E-state index is -0.974. The Bertz CT molecular complexity index is 1010. The Labute approximate surface area is 173 Å². The van der Waals surface area contributed by atoms with Crippen molar-refractivity contribution in [2.24, 2.45) is 11.8 Å². The number of rotatable bonds is 6. The van der Waals surface area contributed by atoms with E-state index >= 15 is 0 Å². The molecule has 2 aromatic rings. The van der Waals surface area contributed by atoms with Crippen molar-refractivity contribution >= 4 is 34.4 Å². The second-order valence-electron chi connectivity index (χ2n) is 7.97. The number of aromatic amines is 1. The highest BCUT2D eigenvalue weighted by molar-refractivity contribution is 5.98. The standard InChI is InChI=1S/C22H25N3O5/c26-20(14-5-1-2-6-15(14)21(27)28)24-13-7-8-18-16(11-13)17(12-23-18)19(22(29)30)25-9-3-4-10-25/h1-2,7-8,11-12,14-15,19,23H,3-6,9-10H2,(H,24,26)(H,27,28)(H,29,30)/t14-,15-,19+/m0/s1. The first-order valence-electron chi connectivity index (χ1n) is 10.2. The van der Waals surface area contributed by atoms with Crippen LogP contribution in [0.15, 0.2) is 36.5 Å². The summed E-state index contributed by atoms with van der Waals surface area (Å²) in [6.45, 7) is 1.48. The molecule has 4 N–H and O–H groups in total. The van der Waals surface area contributed by atoms with Crippen molar-refractivity contribution in [2.45, 2.75) is 31.7 Å². The fourth-order valence-corrected chi connectivity index (χ4v) is 4.54. The molecule has 0 bridgehead atoms. The molecule has 1 aromatic carbocycles. The van der Waals surface area contributed by atoms with Crippen LogP contribution in [0.5, 0.6) is 0 Å². The molecule has 0 saturated carbocycles. The molecule has 4 rings (SSSR count). The highest BCUT2D eigenvalue weighted by Gasteiger charge is 2.34. The van der Waals surface area contributed by atoms with Gasteiger partial charge in [-0.1, -0.05) is 12.2 Å². The van der Waals surface area contributed by atoms with Gasteiger partial charge in [0, 0.05) is 28.4 Å². The molecular weight excluding hydrogens is 386 g/mol. The number of hydrogen-bond acceptors (Lipinski definition) is 4. The number of benzene rings is 1. The predicted octanol–water partition coefficient (Wildman–Crippen LogP) is 2.99. The van der Waals surface area contributed by atoms with Crippen LogP contribution in [0.2, 0.25) is 0 Å². The highest BCUT2D eigenvalue weighted by Crippen LogP contribution is 2.33. The minimum absolute atomic E-state index is 0.336. The van der Waals surface area contributed by atoms with Gasteiger partial charge in [-0.25, -0.2) is 0 Å². The molecule has 30 heavy (non-hydrogen) atoms. The van der Waals surface area contributed by atoms with Crippen LogP contribution >= 0.6 is 0 Å². The molecule has 1 fully saturated rings. The SMILES string of the molecule is O=C(O)[C@H]1CC=CC[C@@H]1C(=O)Nc1ccc2[nH]cc([C@H](C(=O)O)N3CCCC3)c2c1. The molecule has 1 aromatic heterocycles. The number of aromatic nitrogens is 1. The molecule has 0 radical (unpaired) electrons. The highest BCUT2D eigenvalue weighted by atomic mass is 16.4. The normalized spacial score (nSPS) is 22.8. The third-order valence-electron chi connectivity index (χ3n) is 6.10. The number of carboxylic acids is 2. The number of amides is 1.